The Morgan fingerprint density at radius 2 is 1.90 bits per heavy atom. The zero-order valence-electron chi connectivity index (χ0n) is 16.9. The summed E-state index contributed by atoms with van der Waals surface area (Å²) in [5, 5.41) is 49.7. The number of ether oxygens (including phenoxy) is 3. The van der Waals surface area contributed by atoms with Crippen molar-refractivity contribution in [3.63, 3.8) is 0 Å². The molecule has 1 aliphatic heterocycles. The summed E-state index contributed by atoms with van der Waals surface area (Å²) >= 11 is 0. The molecule has 1 saturated heterocycles. The molecule has 0 spiro atoms. The maximum absolute atomic E-state index is 12.2. The van der Waals surface area contributed by atoms with Gasteiger partial charge in [0, 0.05) is 6.07 Å². The van der Waals surface area contributed by atoms with E-state index in [1.807, 2.05) is 19.1 Å². The Kier molecular flexibility index (Phi) is 7.52. The molecule has 0 radical (unpaired) electrons. The van der Waals surface area contributed by atoms with Crippen LogP contribution < -0.4 is 15.1 Å². The number of aliphatic hydroxyl groups is 4. The van der Waals surface area contributed by atoms with Gasteiger partial charge in [0.25, 0.3) is 0 Å². The van der Waals surface area contributed by atoms with Crippen LogP contribution >= 0.6 is 0 Å². The van der Waals surface area contributed by atoms with Crippen LogP contribution in [0.5, 0.6) is 17.2 Å². The average molecular weight is 438 g/mol. The number of allylic oxidation sites excluding steroid dienone is 1. The van der Waals surface area contributed by atoms with E-state index in [0.29, 0.717) is 6.42 Å². The van der Waals surface area contributed by atoms with Gasteiger partial charge >= 0.3 is 5.63 Å². The van der Waals surface area contributed by atoms with Crippen LogP contribution in [0.25, 0.3) is 11.0 Å². The molecule has 0 aliphatic carbocycles. The quantitative estimate of drug-likeness (QED) is 0.222. The van der Waals surface area contributed by atoms with E-state index in [1.165, 1.54) is 18.2 Å². The summed E-state index contributed by atoms with van der Waals surface area (Å²) in [6, 6.07) is 4.15. The first-order valence-corrected chi connectivity index (χ1v) is 9.92. The van der Waals surface area contributed by atoms with Gasteiger partial charge in [0.1, 0.15) is 35.7 Å². The fourth-order valence-electron chi connectivity index (χ4n) is 3.16. The van der Waals surface area contributed by atoms with E-state index < -0.39 is 42.9 Å². The number of aliphatic hydroxyl groups excluding tert-OH is 4. The lowest BCUT2D eigenvalue weighted by Crippen LogP contribution is -2.60. The highest BCUT2D eigenvalue weighted by Crippen LogP contribution is 2.34. The molecule has 0 bridgehead atoms. The van der Waals surface area contributed by atoms with Gasteiger partial charge in [-0.25, -0.2) is 4.79 Å². The van der Waals surface area contributed by atoms with Crippen molar-refractivity contribution in [3.8, 4) is 17.2 Å². The minimum atomic E-state index is -1.59. The van der Waals surface area contributed by atoms with Crippen LogP contribution in [0, 0.1) is 0 Å². The SMILES string of the molecule is CCC=CCCOc1c(O)c2ccc(O[C@H]3O[C@H](CO)[C@@H](O)[C@H](O)[C@@H]3O)cc2oc1=O. The van der Waals surface area contributed by atoms with Gasteiger partial charge in [-0.05, 0) is 25.0 Å². The Hall–Kier alpha value is -2.63. The molecule has 31 heavy (non-hydrogen) atoms. The van der Waals surface area contributed by atoms with Crippen LogP contribution in [0.2, 0.25) is 0 Å². The van der Waals surface area contributed by atoms with Crippen LogP contribution in [0.3, 0.4) is 0 Å². The van der Waals surface area contributed by atoms with Crippen molar-refractivity contribution < 1.29 is 44.2 Å². The van der Waals surface area contributed by atoms with E-state index in [4.69, 9.17) is 18.6 Å². The molecule has 2 aromatic rings. The second kappa shape index (κ2) is 10.1. The molecule has 5 N–H and O–H groups in total. The summed E-state index contributed by atoms with van der Waals surface area (Å²) < 4.78 is 21.4. The molecule has 1 aromatic heterocycles. The third-order valence-electron chi connectivity index (χ3n) is 4.85. The van der Waals surface area contributed by atoms with E-state index in [-0.39, 0.29) is 34.8 Å². The first-order valence-electron chi connectivity index (χ1n) is 9.92. The first kappa shape index (κ1) is 23.0. The van der Waals surface area contributed by atoms with Crippen molar-refractivity contribution in [2.45, 2.75) is 50.5 Å². The molecule has 0 amide bonds. The second-order valence-corrected chi connectivity index (χ2v) is 7.06. The molecule has 2 heterocycles. The van der Waals surface area contributed by atoms with Gasteiger partial charge in [0.05, 0.1) is 18.6 Å². The minimum Gasteiger partial charge on any atom is -0.504 e. The number of hydrogen-bond donors (Lipinski definition) is 5. The molecule has 5 atom stereocenters. The Bertz CT molecular complexity index is 967. The van der Waals surface area contributed by atoms with Crippen LogP contribution in [-0.2, 0) is 4.74 Å². The molecule has 0 saturated carbocycles. The first-order chi connectivity index (χ1) is 14.9. The smallest absolute Gasteiger partial charge is 0.383 e. The summed E-state index contributed by atoms with van der Waals surface area (Å²) in [4.78, 5) is 12.2. The number of fused-ring (bicyclic) bond motifs is 1. The maximum atomic E-state index is 12.2. The molecular weight excluding hydrogens is 412 g/mol. The Morgan fingerprint density at radius 3 is 2.61 bits per heavy atom. The molecule has 170 valence electrons. The molecule has 1 fully saturated rings. The standard InChI is InChI=1S/C21H26O10/c1-2-3-4-5-8-28-19-15(23)12-7-6-11(9-13(12)30-20(19)27)29-21-18(26)17(25)16(24)14(10-22)31-21/h3-4,6-7,9,14,16-18,21-26H,2,5,8,10H2,1H3/t14-,16-,17+,18+,21+/m1/s1. The van der Waals surface area contributed by atoms with E-state index in [0.717, 1.165) is 6.42 Å². The van der Waals surface area contributed by atoms with Gasteiger partial charge in [-0.3, -0.25) is 0 Å². The molecular formula is C21H26O10. The lowest BCUT2D eigenvalue weighted by Gasteiger charge is -2.39. The van der Waals surface area contributed by atoms with Gasteiger partial charge in [-0.1, -0.05) is 19.1 Å². The zero-order valence-corrected chi connectivity index (χ0v) is 16.9. The monoisotopic (exact) mass is 438 g/mol. The normalized spacial score (nSPS) is 26.4. The maximum Gasteiger partial charge on any atom is 0.383 e. The van der Waals surface area contributed by atoms with Gasteiger partial charge < -0.3 is 44.2 Å². The number of rotatable bonds is 8. The molecule has 3 rings (SSSR count). The number of aromatic hydroxyl groups is 1. The topological polar surface area (TPSA) is 159 Å². The van der Waals surface area contributed by atoms with Gasteiger partial charge in [0.2, 0.25) is 12.0 Å². The largest absolute Gasteiger partial charge is 0.504 e. The predicted octanol–water partition coefficient (Wildman–Crippen LogP) is 0.412. The highest BCUT2D eigenvalue weighted by molar-refractivity contribution is 5.86. The number of hydrogen-bond acceptors (Lipinski definition) is 10. The van der Waals surface area contributed by atoms with Crippen molar-refractivity contribution in [1.82, 2.24) is 0 Å². The predicted molar refractivity (Wildman–Crippen MR) is 108 cm³/mol. The molecule has 1 aliphatic rings. The fourth-order valence-corrected chi connectivity index (χ4v) is 3.16. The van der Waals surface area contributed by atoms with Crippen molar-refractivity contribution in [2.24, 2.45) is 0 Å². The molecule has 1 aromatic carbocycles. The fraction of sp³-hybridized carbons (Fsp3) is 0.476. The highest BCUT2D eigenvalue weighted by atomic mass is 16.7. The summed E-state index contributed by atoms with van der Waals surface area (Å²) in [5.74, 6) is -0.567. The average Bonchev–Trinajstić information content (AvgIpc) is 2.75. The summed E-state index contributed by atoms with van der Waals surface area (Å²) in [7, 11) is 0. The van der Waals surface area contributed by atoms with Crippen molar-refractivity contribution in [3.05, 3.63) is 40.8 Å². The summed E-state index contributed by atoms with van der Waals surface area (Å²) in [6.07, 6.45) is -1.90. The second-order valence-electron chi connectivity index (χ2n) is 7.06. The molecule has 10 heteroatoms. The number of benzene rings is 1. The van der Waals surface area contributed by atoms with Gasteiger partial charge in [-0.2, -0.15) is 0 Å². The van der Waals surface area contributed by atoms with E-state index in [1.54, 1.807) is 0 Å². The summed E-state index contributed by atoms with van der Waals surface area (Å²) in [5.41, 5.74) is -0.864. The van der Waals surface area contributed by atoms with Crippen molar-refractivity contribution in [2.75, 3.05) is 13.2 Å². The van der Waals surface area contributed by atoms with E-state index in [2.05, 4.69) is 0 Å². The molecule has 0 unspecified atom stereocenters. The zero-order chi connectivity index (χ0) is 22.5. The Balaban J connectivity index is 1.79. The van der Waals surface area contributed by atoms with E-state index >= 15 is 0 Å². The minimum absolute atomic E-state index is 0.00261. The Morgan fingerprint density at radius 1 is 1.13 bits per heavy atom. The Labute approximate surface area is 177 Å². The van der Waals surface area contributed by atoms with Crippen LogP contribution in [0.4, 0.5) is 0 Å². The van der Waals surface area contributed by atoms with Crippen molar-refractivity contribution >= 4 is 11.0 Å². The van der Waals surface area contributed by atoms with E-state index in [9.17, 15) is 30.3 Å². The van der Waals surface area contributed by atoms with Gasteiger partial charge in [-0.15, -0.1) is 0 Å². The molecule has 10 nitrogen and oxygen atoms in total. The van der Waals surface area contributed by atoms with Crippen LogP contribution in [0.15, 0.2) is 39.6 Å². The third kappa shape index (κ3) is 5.00. The highest BCUT2D eigenvalue weighted by Gasteiger charge is 2.44. The lowest BCUT2D eigenvalue weighted by molar-refractivity contribution is -0.277. The third-order valence-corrected chi connectivity index (χ3v) is 4.85. The van der Waals surface area contributed by atoms with Crippen LogP contribution in [-0.4, -0.2) is 69.5 Å². The van der Waals surface area contributed by atoms with Gasteiger partial charge in [0.15, 0.2) is 5.75 Å². The van der Waals surface area contributed by atoms with Crippen LogP contribution in [0.1, 0.15) is 19.8 Å². The van der Waals surface area contributed by atoms with Crippen molar-refractivity contribution in [1.29, 1.82) is 0 Å². The lowest BCUT2D eigenvalue weighted by atomic mass is 9.99. The summed E-state index contributed by atoms with van der Waals surface area (Å²) in [6.45, 7) is 1.59.